The van der Waals surface area contributed by atoms with Crippen LogP contribution in [0.4, 0.5) is 0 Å². The van der Waals surface area contributed by atoms with Gasteiger partial charge in [-0.05, 0) is 36.2 Å². The first-order valence-corrected chi connectivity index (χ1v) is 11.0. The molecule has 29 heavy (non-hydrogen) atoms. The van der Waals surface area contributed by atoms with Crippen LogP contribution in [0.2, 0.25) is 0 Å². The molecule has 2 aromatic heterocycles. The molecular weight excluding hydrogens is 388 g/mol. The summed E-state index contributed by atoms with van der Waals surface area (Å²) in [6.45, 7) is 9.34. The van der Waals surface area contributed by atoms with E-state index in [1.807, 2.05) is 0 Å². The number of aromatic nitrogens is 2. The number of hydrogen-bond acceptors (Lipinski definition) is 5. The van der Waals surface area contributed by atoms with Crippen LogP contribution in [-0.4, -0.2) is 34.5 Å². The average Bonchev–Trinajstić information content (AvgIpc) is 3.02. The lowest BCUT2D eigenvalue weighted by Crippen LogP contribution is -2.34. The lowest BCUT2D eigenvalue weighted by Gasteiger charge is -2.33. The van der Waals surface area contributed by atoms with Crippen molar-refractivity contribution in [1.29, 1.82) is 0 Å². The molecule has 158 valence electrons. The Balaban J connectivity index is 1.69. The fraction of sp³-hybridized carbons (Fsp3) is 0.619. The van der Waals surface area contributed by atoms with Crippen molar-refractivity contribution >= 4 is 33.4 Å². The third-order valence-corrected chi connectivity index (χ3v) is 6.82. The molecule has 0 radical (unpaired) electrons. The van der Waals surface area contributed by atoms with E-state index in [1.54, 1.807) is 22.2 Å². The van der Waals surface area contributed by atoms with Gasteiger partial charge in [0, 0.05) is 37.9 Å². The van der Waals surface area contributed by atoms with Crippen LogP contribution in [0.15, 0.2) is 11.1 Å². The van der Waals surface area contributed by atoms with Gasteiger partial charge in [-0.2, -0.15) is 0 Å². The first-order valence-electron chi connectivity index (χ1n) is 10.2. The molecular formula is C21H30N4O3S. The van der Waals surface area contributed by atoms with Gasteiger partial charge in [0.1, 0.15) is 4.83 Å². The summed E-state index contributed by atoms with van der Waals surface area (Å²) in [6, 6.07) is 0. The second-order valence-electron chi connectivity index (χ2n) is 8.82. The number of nitrogens with one attached hydrogen (secondary N) is 2. The van der Waals surface area contributed by atoms with Crippen molar-refractivity contribution in [3.63, 3.8) is 0 Å². The number of carbonyl (C=O) groups excluding carboxylic acids is 2. The lowest BCUT2D eigenvalue weighted by atomic mass is 9.72. The Morgan fingerprint density at radius 2 is 2.00 bits per heavy atom. The second-order valence-corrected chi connectivity index (χ2v) is 9.90. The number of rotatable bonds is 6. The quantitative estimate of drug-likeness (QED) is 0.704. The van der Waals surface area contributed by atoms with Crippen LogP contribution in [0.3, 0.4) is 0 Å². The van der Waals surface area contributed by atoms with E-state index < -0.39 is 0 Å². The summed E-state index contributed by atoms with van der Waals surface area (Å²) < 4.78 is 1.54. The van der Waals surface area contributed by atoms with Gasteiger partial charge in [0.15, 0.2) is 0 Å². The fourth-order valence-corrected chi connectivity index (χ4v) is 5.11. The molecule has 0 saturated carbocycles. The maximum atomic E-state index is 13.0. The van der Waals surface area contributed by atoms with Gasteiger partial charge in [-0.3, -0.25) is 19.0 Å². The molecule has 1 aliphatic rings. The molecule has 3 rings (SSSR count). The van der Waals surface area contributed by atoms with E-state index in [1.165, 1.54) is 11.8 Å². The zero-order chi connectivity index (χ0) is 21.2. The van der Waals surface area contributed by atoms with Crippen molar-refractivity contribution < 1.29 is 9.59 Å². The monoisotopic (exact) mass is 418 g/mol. The number of aryl methyl sites for hydroxylation is 2. The third kappa shape index (κ3) is 5.04. The van der Waals surface area contributed by atoms with E-state index in [-0.39, 0.29) is 29.2 Å². The van der Waals surface area contributed by atoms with E-state index in [2.05, 4.69) is 36.4 Å². The van der Waals surface area contributed by atoms with E-state index in [0.717, 1.165) is 35.0 Å². The predicted octanol–water partition coefficient (Wildman–Crippen LogP) is 2.25. The van der Waals surface area contributed by atoms with Crippen LogP contribution in [0, 0.1) is 11.3 Å². The Morgan fingerprint density at radius 3 is 2.69 bits per heavy atom. The molecule has 2 heterocycles. The summed E-state index contributed by atoms with van der Waals surface area (Å²) in [7, 11) is 0. The predicted molar refractivity (Wildman–Crippen MR) is 115 cm³/mol. The minimum absolute atomic E-state index is 0.0484. The average molecular weight is 419 g/mol. The molecule has 1 aliphatic carbocycles. The fourth-order valence-electron chi connectivity index (χ4n) is 3.85. The minimum atomic E-state index is -0.150. The van der Waals surface area contributed by atoms with Gasteiger partial charge in [0.2, 0.25) is 11.8 Å². The van der Waals surface area contributed by atoms with E-state index in [9.17, 15) is 14.4 Å². The summed E-state index contributed by atoms with van der Waals surface area (Å²) in [5, 5.41) is 6.11. The minimum Gasteiger partial charge on any atom is -0.355 e. The molecule has 7 nitrogen and oxygen atoms in total. The molecule has 1 atom stereocenters. The first-order chi connectivity index (χ1) is 13.7. The van der Waals surface area contributed by atoms with Crippen molar-refractivity contribution in [3.8, 4) is 0 Å². The van der Waals surface area contributed by atoms with Gasteiger partial charge in [-0.25, -0.2) is 4.98 Å². The Morgan fingerprint density at radius 1 is 1.28 bits per heavy atom. The highest BCUT2D eigenvalue weighted by Crippen LogP contribution is 2.41. The van der Waals surface area contributed by atoms with Crippen LogP contribution < -0.4 is 16.2 Å². The zero-order valence-corrected chi connectivity index (χ0v) is 18.4. The summed E-state index contributed by atoms with van der Waals surface area (Å²) in [5.41, 5.74) is 1.37. The first kappa shape index (κ1) is 21.5. The molecule has 0 saturated heterocycles. The van der Waals surface area contributed by atoms with E-state index in [0.29, 0.717) is 25.6 Å². The number of carbonyl (C=O) groups is 2. The number of fused-ring (bicyclic) bond motifs is 3. The van der Waals surface area contributed by atoms with Crippen LogP contribution in [0.5, 0.6) is 0 Å². The molecule has 0 bridgehead atoms. The van der Waals surface area contributed by atoms with E-state index in [4.69, 9.17) is 0 Å². The van der Waals surface area contributed by atoms with E-state index >= 15 is 0 Å². The van der Waals surface area contributed by atoms with Gasteiger partial charge < -0.3 is 10.6 Å². The highest BCUT2D eigenvalue weighted by atomic mass is 32.1. The summed E-state index contributed by atoms with van der Waals surface area (Å²) in [5.74, 6) is 0.340. The maximum absolute atomic E-state index is 13.0. The molecule has 0 fully saturated rings. The Hall–Kier alpha value is -2.22. The van der Waals surface area contributed by atoms with Crippen LogP contribution in [0.1, 0.15) is 51.0 Å². The number of amides is 2. The molecule has 0 spiro atoms. The summed E-state index contributed by atoms with van der Waals surface area (Å²) >= 11 is 1.64. The highest BCUT2D eigenvalue weighted by molar-refractivity contribution is 7.18. The van der Waals surface area contributed by atoms with Crippen LogP contribution in [0.25, 0.3) is 10.2 Å². The van der Waals surface area contributed by atoms with Gasteiger partial charge in [-0.15, -0.1) is 11.3 Å². The number of nitrogens with zero attached hydrogens (tertiary/aromatic N) is 2. The van der Waals surface area contributed by atoms with Crippen LogP contribution >= 0.6 is 11.3 Å². The lowest BCUT2D eigenvalue weighted by molar-refractivity contribution is -0.122. The van der Waals surface area contributed by atoms with Crippen LogP contribution in [-0.2, 0) is 29.0 Å². The SMILES string of the molecule is CC(=O)NCCNC(=O)CCn1cnc2sc3c(c2c1=O)CCC(C(C)(C)C)C3. The van der Waals surface area contributed by atoms with Gasteiger partial charge >= 0.3 is 0 Å². The van der Waals surface area contributed by atoms with Crippen molar-refractivity contribution in [2.45, 2.75) is 59.9 Å². The smallest absolute Gasteiger partial charge is 0.262 e. The zero-order valence-electron chi connectivity index (χ0n) is 17.6. The maximum Gasteiger partial charge on any atom is 0.262 e. The molecule has 0 aromatic carbocycles. The molecule has 0 aliphatic heterocycles. The van der Waals surface area contributed by atoms with Crippen molar-refractivity contribution in [1.82, 2.24) is 20.2 Å². The summed E-state index contributed by atoms with van der Waals surface area (Å²) in [4.78, 5) is 42.5. The standard InChI is InChI=1S/C21H30N4O3S/c1-13(26)22-8-9-23-17(27)7-10-25-12-24-19-18(20(25)28)15-6-5-14(21(2,3)4)11-16(15)29-19/h12,14H,5-11H2,1-4H3,(H,22,26)(H,23,27). The highest BCUT2D eigenvalue weighted by Gasteiger charge is 2.31. The third-order valence-electron chi connectivity index (χ3n) is 5.66. The Bertz CT molecular complexity index is 971. The number of thiophene rings is 1. The van der Waals surface area contributed by atoms with Crippen molar-refractivity contribution in [2.24, 2.45) is 11.3 Å². The van der Waals surface area contributed by atoms with Crippen molar-refractivity contribution in [3.05, 3.63) is 27.1 Å². The van der Waals surface area contributed by atoms with Gasteiger partial charge in [0.25, 0.3) is 5.56 Å². The molecule has 2 N–H and O–H groups in total. The molecule has 1 unspecified atom stereocenters. The molecule has 8 heteroatoms. The Labute approximate surface area is 174 Å². The van der Waals surface area contributed by atoms with Crippen molar-refractivity contribution in [2.75, 3.05) is 13.1 Å². The topological polar surface area (TPSA) is 93.1 Å². The normalized spacial score (nSPS) is 16.5. The largest absolute Gasteiger partial charge is 0.355 e. The van der Waals surface area contributed by atoms with Gasteiger partial charge in [0.05, 0.1) is 11.7 Å². The second kappa shape index (κ2) is 8.65. The molecule has 2 amide bonds. The van der Waals surface area contributed by atoms with Gasteiger partial charge in [-0.1, -0.05) is 20.8 Å². The molecule has 2 aromatic rings. The summed E-state index contributed by atoms with van der Waals surface area (Å²) in [6.07, 6.45) is 4.77. The number of hydrogen-bond donors (Lipinski definition) is 2. The Kier molecular flexibility index (Phi) is 6.41.